The molecular weight excluding hydrogens is 411 g/mol. The maximum absolute atomic E-state index is 13.0. The van der Waals surface area contributed by atoms with Crippen molar-refractivity contribution in [2.24, 2.45) is 0 Å². The van der Waals surface area contributed by atoms with E-state index in [4.69, 9.17) is 9.47 Å². The number of hydrogen-bond donors (Lipinski definition) is 2. The van der Waals surface area contributed by atoms with Gasteiger partial charge < -0.3 is 14.8 Å². The third-order valence-corrected chi connectivity index (χ3v) is 5.68. The first-order chi connectivity index (χ1) is 14.4. The average molecular weight is 428 g/mol. The Morgan fingerprint density at radius 2 is 1.87 bits per heavy atom. The number of hydrogen-bond acceptors (Lipinski definition) is 5. The standard InChI is InChI=1S/C21H17FN2O5S/c22-15-6-4-14(5-7-15)12-28-17-3-1-2-16(10-17)24-30(26,27)18-8-9-20-19(11-18)23-21(25)13-29-20/h1-11,24H,12-13H2,(H,23,25). The van der Waals surface area contributed by atoms with Gasteiger partial charge in [-0.3, -0.25) is 9.52 Å². The van der Waals surface area contributed by atoms with Crippen LogP contribution < -0.4 is 19.5 Å². The lowest BCUT2D eigenvalue weighted by Gasteiger charge is -2.18. The fourth-order valence-corrected chi connectivity index (χ4v) is 3.92. The number of ether oxygens (including phenoxy) is 2. The number of halogens is 1. The van der Waals surface area contributed by atoms with E-state index in [2.05, 4.69) is 10.0 Å². The van der Waals surface area contributed by atoms with Crippen LogP contribution in [0.2, 0.25) is 0 Å². The van der Waals surface area contributed by atoms with Crippen molar-refractivity contribution < 1.29 is 27.1 Å². The summed E-state index contributed by atoms with van der Waals surface area (Å²) in [6, 6.07) is 16.6. The fourth-order valence-electron chi connectivity index (χ4n) is 2.84. The second-order valence-corrected chi connectivity index (χ2v) is 8.23. The first-order valence-electron chi connectivity index (χ1n) is 8.96. The van der Waals surface area contributed by atoms with Gasteiger partial charge >= 0.3 is 0 Å². The van der Waals surface area contributed by atoms with Gasteiger partial charge in [-0.1, -0.05) is 18.2 Å². The summed E-state index contributed by atoms with van der Waals surface area (Å²) in [7, 11) is -3.91. The molecule has 30 heavy (non-hydrogen) atoms. The van der Waals surface area contributed by atoms with Crippen LogP contribution in [0, 0.1) is 5.82 Å². The maximum Gasteiger partial charge on any atom is 0.262 e. The van der Waals surface area contributed by atoms with E-state index in [-0.39, 0.29) is 29.8 Å². The van der Waals surface area contributed by atoms with Crippen molar-refractivity contribution in [3.8, 4) is 11.5 Å². The zero-order valence-corrected chi connectivity index (χ0v) is 16.4. The Morgan fingerprint density at radius 3 is 2.67 bits per heavy atom. The van der Waals surface area contributed by atoms with Crippen LogP contribution in [0.4, 0.5) is 15.8 Å². The summed E-state index contributed by atoms with van der Waals surface area (Å²) < 4.78 is 51.9. The molecule has 7 nitrogen and oxygen atoms in total. The predicted molar refractivity (Wildman–Crippen MR) is 109 cm³/mol. The zero-order valence-electron chi connectivity index (χ0n) is 15.6. The molecule has 1 amide bonds. The Balaban J connectivity index is 1.48. The van der Waals surface area contributed by atoms with Gasteiger partial charge in [-0.05, 0) is 48.0 Å². The summed E-state index contributed by atoms with van der Waals surface area (Å²) in [5.41, 5.74) is 1.39. The molecule has 0 radical (unpaired) electrons. The molecule has 0 fully saturated rings. The largest absolute Gasteiger partial charge is 0.489 e. The molecule has 0 saturated carbocycles. The van der Waals surface area contributed by atoms with E-state index in [1.54, 1.807) is 36.4 Å². The molecule has 1 heterocycles. The quantitative estimate of drug-likeness (QED) is 0.627. The smallest absolute Gasteiger partial charge is 0.262 e. The lowest BCUT2D eigenvalue weighted by molar-refractivity contribution is -0.118. The molecule has 0 aromatic heterocycles. The summed E-state index contributed by atoms with van der Waals surface area (Å²) in [6.07, 6.45) is 0. The number of amides is 1. The van der Waals surface area contributed by atoms with Crippen LogP contribution in [0.15, 0.2) is 71.6 Å². The second kappa shape index (κ2) is 8.03. The molecule has 0 spiro atoms. The highest BCUT2D eigenvalue weighted by atomic mass is 32.2. The molecule has 154 valence electrons. The van der Waals surface area contributed by atoms with Crippen LogP contribution in [0.1, 0.15) is 5.56 Å². The number of carbonyl (C=O) groups is 1. The van der Waals surface area contributed by atoms with Gasteiger partial charge in [0.1, 0.15) is 23.9 Å². The van der Waals surface area contributed by atoms with Gasteiger partial charge in [0.2, 0.25) is 0 Å². The Labute approximate surface area is 172 Å². The Bertz CT molecular complexity index is 1200. The van der Waals surface area contributed by atoms with Crippen molar-refractivity contribution in [2.75, 3.05) is 16.6 Å². The summed E-state index contributed by atoms with van der Waals surface area (Å²) >= 11 is 0. The fraction of sp³-hybridized carbons (Fsp3) is 0.0952. The number of sulfonamides is 1. The molecule has 0 bridgehead atoms. The van der Waals surface area contributed by atoms with Gasteiger partial charge in [0.05, 0.1) is 16.3 Å². The van der Waals surface area contributed by atoms with Crippen LogP contribution in [0.3, 0.4) is 0 Å². The van der Waals surface area contributed by atoms with E-state index in [0.717, 1.165) is 5.56 Å². The van der Waals surface area contributed by atoms with Crippen LogP contribution in [0.5, 0.6) is 11.5 Å². The van der Waals surface area contributed by atoms with E-state index in [1.807, 2.05) is 0 Å². The van der Waals surface area contributed by atoms with E-state index >= 15 is 0 Å². The van der Waals surface area contributed by atoms with E-state index in [1.165, 1.54) is 30.3 Å². The van der Waals surface area contributed by atoms with Crippen LogP contribution in [-0.4, -0.2) is 20.9 Å². The number of carbonyl (C=O) groups excluding carboxylic acids is 1. The Hall–Kier alpha value is -3.59. The summed E-state index contributed by atoms with van der Waals surface area (Å²) in [5.74, 6) is 0.176. The van der Waals surface area contributed by atoms with Gasteiger partial charge in [-0.25, -0.2) is 12.8 Å². The topological polar surface area (TPSA) is 93.7 Å². The number of fused-ring (bicyclic) bond motifs is 1. The highest BCUT2D eigenvalue weighted by molar-refractivity contribution is 7.92. The highest BCUT2D eigenvalue weighted by Gasteiger charge is 2.21. The van der Waals surface area contributed by atoms with E-state index in [9.17, 15) is 17.6 Å². The molecule has 0 unspecified atom stereocenters. The van der Waals surface area contributed by atoms with Crippen molar-refractivity contribution in [1.82, 2.24) is 0 Å². The van der Waals surface area contributed by atoms with E-state index in [0.29, 0.717) is 22.9 Å². The maximum atomic E-state index is 13.0. The monoisotopic (exact) mass is 428 g/mol. The van der Waals surface area contributed by atoms with Crippen molar-refractivity contribution in [3.05, 3.63) is 78.1 Å². The zero-order chi connectivity index (χ0) is 21.1. The molecule has 1 aliphatic heterocycles. The Morgan fingerprint density at radius 1 is 1.07 bits per heavy atom. The van der Waals surface area contributed by atoms with Gasteiger partial charge in [0.15, 0.2) is 6.61 Å². The van der Waals surface area contributed by atoms with Gasteiger partial charge in [0, 0.05) is 6.07 Å². The molecular formula is C21H17FN2O5S. The van der Waals surface area contributed by atoms with Crippen LogP contribution >= 0.6 is 0 Å². The van der Waals surface area contributed by atoms with Crippen molar-refractivity contribution in [1.29, 1.82) is 0 Å². The molecule has 0 saturated heterocycles. The third-order valence-electron chi connectivity index (χ3n) is 4.30. The number of rotatable bonds is 6. The Kier molecular flexibility index (Phi) is 5.28. The highest BCUT2D eigenvalue weighted by Crippen LogP contribution is 2.31. The molecule has 0 atom stereocenters. The molecule has 9 heteroatoms. The predicted octanol–water partition coefficient (Wildman–Crippen LogP) is 3.54. The lowest BCUT2D eigenvalue weighted by atomic mass is 10.2. The minimum Gasteiger partial charge on any atom is -0.489 e. The van der Waals surface area contributed by atoms with Crippen LogP contribution in [0.25, 0.3) is 0 Å². The minimum atomic E-state index is -3.91. The number of nitrogens with one attached hydrogen (secondary N) is 2. The molecule has 2 N–H and O–H groups in total. The van der Waals surface area contributed by atoms with Crippen molar-refractivity contribution >= 4 is 27.3 Å². The molecule has 4 rings (SSSR count). The van der Waals surface area contributed by atoms with E-state index < -0.39 is 10.0 Å². The third kappa shape index (κ3) is 4.52. The minimum absolute atomic E-state index is 0.0234. The molecule has 0 aliphatic carbocycles. The summed E-state index contributed by atoms with van der Waals surface area (Å²) in [5, 5.41) is 2.58. The first kappa shape index (κ1) is 19.7. The molecule has 3 aromatic rings. The molecule has 3 aromatic carbocycles. The number of anilines is 2. The van der Waals surface area contributed by atoms with Crippen LogP contribution in [-0.2, 0) is 21.4 Å². The summed E-state index contributed by atoms with van der Waals surface area (Å²) in [4.78, 5) is 11.4. The normalized spacial score (nSPS) is 13.0. The van der Waals surface area contributed by atoms with Gasteiger partial charge in [-0.2, -0.15) is 0 Å². The van der Waals surface area contributed by atoms with Gasteiger partial charge in [0.25, 0.3) is 15.9 Å². The lowest BCUT2D eigenvalue weighted by Crippen LogP contribution is -2.25. The SMILES string of the molecule is O=C1COc2ccc(S(=O)(=O)Nc3cccc(OCc4ccc(F)cc4)c3)cc2N1. The number of benzene rings is 3. The summed E-state index contributed by atoms with van der Waals surface area (Å²) in [6.45, 7) is 0.100. The van der Waals surface area contributed by atoms with Crippen molar-refractivity contribution in [3.63, 3.8) is 0 Å². The second-order valence-electron chi connectivity index (χ2n) is 6.54. The molecule has 1 aliphatic rings. The first-order valence-corrected chi connectivity index (χ1v) is 10.4. The van der Waals surface area contributed by atoms with Crippen molar-refractivity contribution in [2.45, 2.75) is 11.5 Å². The average Bonchev–Trinajstić information content (AvgIpc) is 2.73. The van der Waals surface area contributed by atoms with Gasteiger partial charge in [-0.15, -0.1) is 0 Å².